The van der Waals surface area contributed by atoms with Crippen LogP contribution >= 0.6 is 7.92 Å². The van der Waals surface area contributed by atoms with Gasteiger partial charge in [0.15, 0.2) is 0 Å². The Morgan fingerprint density at radius 3 is 0.618 bits per heavy atom. The Morgan fingerprint density at radius 2 is 0.412 bits per heavy atom. The predicted molar refractivity (Wildman–Crippen MR) is 163 cm³/mol. The van der Waals surface area contributed by atoms with Gasteiger partial charge in [-0.25, -0.2) is 0 Å². The van der Waals surface area contributed by atoms with Gasteiger partial charge in [-0.2, -0.15) is 0 Å². The number of rotatable bonds is 30. The first-order valence-corrected chi connectivity index (χ1v) is 18.5. The summed E-state index contributed by atoms with van der Waals surface area (Å²) >= 11 is 0. The van der Waals surface area contributed by atoms with Gasteiger partial charge in [-0.1, -0.05) is 175 Å². The molecule has 0 aliphatic rings. The van der Waals surface area contributed by atoms with Gasteiger partial charge >= 0.3 is 0 Å². The van der Waals surface area contributed by atoms with E-state index in [1.165, 1.54) is 173 Å². The Kier molecular flexibility index (Phi) is 31.9. The second kappa shape index (κ2) is 31.5. The standard InChI is InChI=1S/C33H69P/c1-4-7-10-13-16-19-22-25-28-31-34(32-29-26-23-20-17-14-11-8-5-2)33-30-27-24-21-18-15-12-9-6-3/h4-33H2,1-3H3. The van der Waals surface area contributed by atoms with Crippen molar-refractivity contribution in [1.29, 1.82) is 0 Å². The number of unbranched alkanes of at least 4 members (excludes halogenated alkanes) is 24. The minimum absolute atomic E-state index is 0.342. The average molecular weight is 497 g/mol. The second-order valence-corrected chi connectivity index (χ2v) is 14.0. The van der Waals surface area contributed by atoms with Crippen LogP contribution in [0.2, 0.25) is 0 Å². The summed E-state index contributed by atoms with van der Waals surface area (Å²) in [5, 5.41) is 0. The molecule has 1 heteroatoms. The summed E-state index contributed by atoms with van der Waals surface area (Å²) in [6.07, 6.45) is 44.8. The van der Waals surface area contributed by atoms with E-state index in [-0.39, 0.29) is 0 Å². The molecule has 0 aromatic heterocycles. The van der Waals surface area contributed by atoms with Crippen molar-refractivity contribution in [2.45, 2.75) is 194 Å². The maximum Gasteiger partial charge on any atom is -0.0326 e. The molecule has 0 aliphatic carbocycles. The van der Waals surface area contributed by atoms with Crippen LogP contribution < -0.4 is 0 Å². The van der Waals surface area contributed by atoms with Gasteiger partial charge in [0, 0.05) is 0 Å². The molecular formula is C33H69P. The van der Waals surface area contributed by atoms with Gasteiger partial charge in [0.25, 0.3) is 0 Å². The summed E-state index contributed by atoms with van der Waals surface area (Å²) in [6.45, 7) is 6.96. The summed E-state index contributed by atoms with van der Waals surface area (Å²) in [6, 6.07) is 0. The van der Waals surface area contributed by atoms with Crippen molar-refractivity contribution in [2.24, 2.45) is 0 Å². The molecule has 0 atom stereocenters. The maximum atomic E-state index is 2.32. The topological polar surface area (TPSA) is 0 Å². The van der Waals surface area contributed by atoms with Crippen molar-refractivity contribution in [3.63, 3.8) is 0 Å². The van der Waals surface area contributed by atoms with Gasteiger partial charge in [0.05, 0.1) is 0 Å². The highest BCUT2D eigenvalue weighted by molar-refractivity contribution is 7.57. The average Bonchev–Trinajstić information content (AvgIpc) is 2.85. The zero-order valence-corrected chi connectivity index (χ0v) is 25.6. The molecule has 0 saturated heterocycles. The second-order valence-electron chi connectivity index (χ2n) is 11.3. The highest BCUT2D eigenvalue weighted by Gasteiger charge is 2.08. The van der Waals surface area contributed by atoms with Gasteiger partial charge < -0.3 is 0 Å². The fourth-order valence-electron chi connectivity index (χ4n) is 5.27. The van der Waals surface area contributed by atoms with Crippen LogP contribution in [0.5, 0.6) is 0 Å². The maximum absolute atomic E-state index is 2.32. The number of hydrogen-bond donors (Lipinski definition) is 0. The Morgan fingerprint density at radius 1 is 0.235 bits per heavy atom. The first-order chi connectivity index (χ1) is 16.8. The normalized spacial score (nSPS) is 11.6. The monoisotopic (exact) mass is 497 g/mol. The van der Waals surface area contributed by atoms with Crippen LogP contribution in [0.4, 0.5) is 0 Å². The zero-order valence-electron chi connectivity index (χ0n) is 24.7. The molecule has 34 heavy (non-hydrogen) atoms. The third kappa shape index (κ3) is 28.7. The summed E-state index contributed by atoms with van der Waals surface area (Å²) in [4.78, 5) is 0. The molecule has 0 nitrogen and oxygen atoms in total. The molecule has 0 fully saturated rings. The van der Waals surface area contributed by atoms with Crippen molar-refractivity contribution >= 4 is 7.92 Å². The summed E-state index contributed by atoms with van der Waals surface area (Å²) in [7, 11) is 0.342. The fraction of sp³-hybridized carbons (Fsp3) is 1.00. The molecule has 0 heterocycles. The van der Waals surface area contributed by atoms with Gasteiger partial charge in [-0.15, -0.1) is 7.92 Å². The van der Waals surface area contributed by atoms with Crippen LogP contribution in [0.15, 0.2) is 0 Å². The third-order valence-electron chi connectivity index (χ3n) is 7.73. The SMILES string of the molecule is CCCCCCCCCCCP(CCCCCCCCCCC)CCCCCCCCCCC. The van der Waals surface area contributed by atoms with E-state index in [2.05, 4.69) is 20.8 Å². The first-order valence-electron chi connectivity index (χ1n) is 16.6. The fourth-order valence-corrected chi connectivity index (χ4v) is 7.96. The molecule has 0 saturated carbocycles. The lowest BCUT2D eigenvalue weighted by Gasteiger charge is -2.18. The molecular weight excluding hydrogens is 427 g/mol. The summed E-state index contributed by atoms with van der Waals surface area (Å²) in [5.74, 6) is 0. The Bertz CT molecular complexity index is 287. The van der Waals surface area contributed by atoms with Crippen LogP contribution in [0.25, 0.3) is 0 Å². The van der Waals surface area contributed by atoms with Crippen molar-refractivity contribution in [3.05, 3.63) is 0 Å². The van der Waals surface area contributed by atoms with Crippen molar-refractivity contribution in [3.8, 4) is 0 Å². The lowest BCUT2D eigenvalue weighted by atomic mass is 10.1. The summed E-state index contributed by atoms with van der Waals surface area (Å²) < 4.78 is 0. The Balaban J connectivity index is 3.85. The molecule has 0 rings (SSSR count). The van der Waals surface area contributed by atoms with Crippen LogP contribution in [0, 0.1) is 0 Å². The van der Waals surface area contributed by atoms with Gasteiger partial charge in [-0.05, 0) is 37.7 Å². The molecule has 0 unspecified atom stereocenters. The van der Waals surface area contributed by atoms with E-state index >= 15 is 0 Å². The third-order valence-corrected chi connectivity index (χ3v) is 10.6. The van der Waals surface area contributed by atoms with Crippen molar-refractivity contribution in [2.75, 3.05) is 18.5 Å². The molecule has 0 N–H and O–H groups in total. The van der Waals surface area contributed by atoms with E-state index in [9.17, 15) is 0 Å². The lowest BCUT2D eigenvalue weighted by Crippen LogP contribution is -1.97. The highest BCUT2D eigenvalue weighted by atomic mass is 31.1. The van der Waals surface area contributed by atoms with E-state index in [1.54, 1.807) is 18.5 Å². The van der Waals surface area contributed by atoms with Crippen LogP contribution in [0.3, 0.4) is 0 Å². The van der Waals surface area contributed by atoms with Crippen LogP contribution in [-0.2, 0) is 0 Å². The molecule has 206 valence electrons. The van der Waals surface area contributed by atoms with E-state index in [0.29, 0.717) is 7.92 Å². The molecule has 0 amide bonds. The van der Waals surface area contributed by atoms with E-state index in [4.69, 9.17) is 0 Å². The molecule has 0 aliphatic heterocycles. The first kappa shape index (κ1) is 34.4. The van der Waals surface area contributed by atoms with Gasteiger partial charge in [0.2, 0.25) is 0 Å². The minimum atomic E-state index is 0.342. The van der Waals surface area contributed by atoms with Crippen LogP contribution in [0.1, 0.15) is 194 Å². The van der Waals surface area contributed by atoms with E-state index in [1.807, 2.05) is 0 Å². The molecule has 0 aromatic rings. The Hall–Kier alpha value is 0.430. The van der Waals surface area contributed by atoms with Crippen molar-refractivity contribution < 1.29 is 0 Å². The molecule has 0 aromatic carbocycles. The van der Waals surface area contributed by atoms with Gasteiger partial charge in [-0.3, -0.25) is 0 Å². The zero-order chi connectivity index (χ0) is 24.8. The molecule has 0 radical (unpaired) electrons. The largest absolute Gasteiger partial charge is 0.107 e. The van der Waals surface area contributed by atoms with E-state index < -0.39 is 0 Å². The number of hydrogen-bond acceptors (Lipinski definition) is 0. The summed E-state index contributed by atoms with van der Waals surface area (Å²) in [5.41, 5.74) is 0. The molecule has 0 bridgehead atoms. The van der Waals surface area contributed by atoms with Crippen LogP contribution in [-0.4, -0.2) is 18.5 Å². The minimum Gasteiger partial charge on any atom is -0.107 e. The van der Waals surface area contributed by atoms with Gasteiger partial charge in [0.1, 0.15) is 0 Å². The van der Waals surface area contributed by atoms with E-state index in [0.717, 1.165) is 0 Å². The smallest absolute Gasteiger partial charge is 0.0326 e. The predicted octanol–water partition coefficient (Wildman–Crippen LogP) is 13.1. The highest BCUT2D eigenvalue weighted by Crippen LogP contribution is 2.39. The Labute approximate surface area is 220 Å². The lowest BCUT2D eigenvalue weighted by molar-refractivity contribution is 0.569. The molecule has 0 spiro atoms. The quantitative estimate of drug-likeness (QED) is 0.0685. The van der Waals surface area contributed by atoms with Crippen molar-refractivity contribution in [1.82, 2.24) is 0 Å².